The largest absolute Gasteiger partial charge is 0.377 e. The molecule has 1 aliphatic heterocycles. The summed E-state index contributed by atoms with van der Waals surface area (Å²) in [5.74, 6) is 0.949. The molecule has 2 fully saturated rings. The zero-order valence-electron chi connectivity index (χ0n) is 12.9. The molecule has 1 saturated carbocycles. The summed E-state index contributed by atoms with van der Waals surface area (Å²) >= 11 is 0. The molecule has 112 valence electrons. The number of likely N-dealkylation sites (N-methyl/N-ethyl adjacent to an activating group) is 1. The van der Waals surface area contributed by atoms with Crippen LogP contribution in [0.2, 0.25) is 0 Å². The van der Waals surface area contributed by atoms with Gasteiger partial charge in [0.25, 0.3) is 0 Å². The van der Waals surface area contributed by atoms with Gasteiger partial charge in [-0.15, -0.1) is 0 Å². The second-order valence-electron chi connectivity index (χ2n) is 6.44. The van der Waals surface area contributed by atoms with Gasteiger partial charge < -0.3 is 10.1 Å². The van der Waals surface area contributed by atoms with Gasteiger partial charge in [0.05, 0.1) is 6.10 Å². The molecule has 1 unspecified atom stereocenters. The SMILES string of the molecule is CCN(CCNC1CCC(C)CC1)CC1CCCO1. The van der Waals surface area contributed by atoms with E-state index in [1.807, 2.05) is 0 Å². The van der Waals surface area contributed by atoms with Gasteiger partial charge in [0.1, 0.15) is 0 Å². The molecule has 0 spiro atoms. The first-order valence-corrected chi connectivity index (χ1v) is 8.35. The third kappa shape index (κ3) is 5.41. The quantitative estimate of drug-likeness (QED) is 0.768. The van der Waals surface area contributed by atoms with E-state index in [2.05, 4.69) is 24.1 Å². The van der Waals surface area contributed by atoms with Crippen LogP contribution in [0.5, 0.6) is 0 Å². The summed E-state index contributed by atoms with van der Waals surface area (Å²) in [6.45, 7) is 10.2. The van der Waals surface area contributed by atoms with E-state index >= 15 is 0 Å². The van der Waals surface area contributed by atoms with Crippen molar-refractivity contribution in [3.8, 4) is 0 Å². The molecule has 0 aromatic rings. The lowest BCUT2D eigenvalue weighted by atomic mass is 9.87. The molecule has 2 rings (SSSR count). The molecule has 2 aliphatic rings. The van der Waals surface area contributed by atoms with Crippen molar-refractivity contribution in [3.63, 3.8) is 0 Å². The van der Waals surface area contributed by atoms with E-state index in [9.17, 15) is 0 Å². The van der Waals surface area contributed by atoms with Gasteiger partial charge in [0.2, 0.25) is 0 Å². The van der Waals surface area contributed by atoms with Crippen molar-refractivity contribution in [3.05, 3.63) is 0 Å². The summed E-state index contributed by atoms with van der Waals surface area (Å²) in [6.07, 6.45) is 8.56. The first-order valence-electron chi connectivity index (χ1n) is 8.35. The standard InChI is InChI=1S/C16H32N2O/c1-3-18(13-16-5-4-12-19-16)11-10-17-15-8-6-14(2)7-9-15/h14-17H,3-13H2,1-2H3. The molecular formula is C16H32N2O. The molecule has 3 nitrogen and oxygen atoms in total. The molecule has 0 amide bonds. The molecule has 1 aliphatic carbocycles. The van der Waals surface area contributed by atoms with Crippen LogP contribution in [0.25, 0.3) is 0 Å². The van der Waals surface area contributed by atoms with Crippen LogP contribution in [0.1, 0.15) is 52.4 Å². The Balaban J connectivity index is 1.57. The fraction of sp³-hybridized carbons (Fsp3) is 1.00. The summed E-state index contributed by atoms with van der Waals surface area (Å²) < 4.78 is 5.73. The van der Waals surface area contributed by atoms with E-state index in [0.717, 1.165) is 38.2 Å². The predicted molar refractivity (Wildman–Crippen MR) is 80.5 cm³/mol. The Morgan fingerprint density at radius 1 is 1.16 bits per heavy atom. The van der Waals surface area contributed by atoms with E-state index in [0.29, 0.717) is 6.10 Å². The van der Waals surface area contributed by atoms with Gasteiger partial charge in [-0.1, -0.05) is 13.8 Å². The van der Waals surface area contributed by atoms with Crippen molar-refractivity contribution in [2.45, 2.75) is 64.5 Å². The first kappa shape index (κ1) is 15.3. The fourth-order valence-corrected chi connectivity index (χ4v) is 3.35. The Hall–Kier alpha value is -0.120. The number of rotatable bonds is 7. The summed E-state index contributed by atoms with van der Waals surface area (Å²) in [5, 5.41) is 3.75. The highest BCUT2D eigenvalue weighted by atomic mass is 16.5. The van der Waals surface area contributed by atoms with Gasteiger partial charge in [-0.05, 0) is 51.0 Å². The van der Waals surface area contributed by atoms with Crippen LogP contribution in [0.15, 0.2) is 0 Å². The van der Waals surface area contributed by atoms with Crippen molar-refractivity contribution in [1.29, 1.82) is 0 Å². The van der Waals surface area contributed by atoms with Gasteiger partial charge in [-0.25, -0.2) is 0 Å². The van der Waals surface area contributed by atoms with Crippen LogP contribution >= 0.6 is 0 Å². The summed E-state index contributed by atoms with van der Waals surface area (Å²) in [6, 6.07) is 0.776. The lowest BCUT2D eigenvalue weighted by Gasteiger charge is -2.29. The Morgan fingerprint density at radius 2 is 1.95 bits per heavy atom. The minimum absolute atomic E-state index is 0.496. The maximum Gasteiger partial charge on any atom is 0.0702 e. The highest BCUT2D eigenvalue weighted by molar-refractivity contribution is 4.76. The van der Waals surface area contributed by atoms with Crippen molar-refractivity contribution >= 4 is 0 Å². The molecule has 19 heavy (non-hydrogen) atoms. The van der Waals surface area contributed by atoms with Gasteiger partial charge in [-0.3, -0.25) is 4.90 Å². The molecule has 0 bridgehead atoms. The topological polar surface area (TPSA) is 24.5 Å². The monoisotopic (exact) mass is 268 g/mol. The summed E-state index contributed by atoms with van der Waals surface area (Å²) in [4.78, 5) is 2.54. The van der Waals surface area contributed by atoms with Gasteiger partial charge >= 0.3 is 0 Å². The molecule has 0 aromatic carbocycles. The number of hydrogen-bond acceptors (Lipinski definition) is 3. The Morgan fingerprint density at radius 3 is 2.58 bits per heavy atom. The number of hydrogen-bond donors (Lipinski definition) is 1. The predicted octanol–water partition coefficient (Wildman–Crippen LogP) is 2.66. The van der Waals surface area contributed by atoms with Crippen LogP contribution in [0.3, 0.4) is 0 Å². The minimum atomic E-state index is 0.496. The molecule has 0 radical (unpaired) electrons. The van der Waals surface area contributed by atoms with Crippen LogP contribution in [-0.2, 0) is 4.74 Å². The van der Waals surface area contributed by atoms with Crippen LogP contribution in [-0.4, -0.2) is 49.8 Å². The first-order chi connectivity index (χ1) is 9.28. The second-order valence-corrected chi connectivity index (χ2v) is 6.44. The Labute approximate surface area is 119 Å². The minimum Gasteiger partial charge on any atom is -0.377 e. The lowest BCUT2D eigenvalue weighted by molar-refractivity contribution is 0.0747. The molecule has 1 N–H and O–H groups in total. The van der Waals surface area contributed by atoms with E-state index in [1.165, 1.54) is 45.1 Å². The molecular weight excluding hydrogens is 236 g/mol. The average Bonchev–Trinajstić information content (AvgIpc) is 2.93. The van der Waals surface area contributed by atoms with Crippen molar-refractivity contribution < 1.29 is 4.74 Å². The van der Waals surface area contributed by atoms with Gasteiger partial charge in [0.15, 0.2) is 0 Å². The maximum atomic E-state index is 5.73. The Bertz CT molecular complexity index is 233. The third-order valence-corrected chi connectivity index (χ3v) is 4.81. The number of nitrogens with one attached hydrogen (secondary N) is 1. The van der Waals surface area contributed by atoms with Crippen molar-refractivity contribution in [2.24, 2.45) is 5.92 Å². The van der Waals surface area contributed by atoms with Gasteiger partial charge in [0, 0.05) is 32.3 Å². The van der Waals surface area contributed by atoms with Gasteiger partial charge in [-0.2, -0.15) is 0 Å². The van der Waals surface area contributed by atoms with E-state index in [4.69, 9.17) is 4.74 Å². The zero-order chi connectivity index (χ0) is 13.5. The van der Waals surface area contributed by atoms with Crippen LogP contribution in [0.4, 0.5) is 0 Å². The lowest BCUT2D eigenvalue weighted by Crippen LogP contribution is -2.41. The van der Waals surface area contributed by atoms with E-state index < -0.39 is 0 Å². The summed E-state index contributed by atoms with van der Waals surface area (Å²) in [7, 11) is 0. The number of nitrogens with zero attached hydrogens (tertiary/aromatic N) is 1. The smallest absolute Gasteiger partial charge is 0.0702 e. The van der Waals surface area contributed by atoms with E-state index in [1.54, 1.807) is 0 Å². The molecule has 0 aromatic heterocycles. The summed E-state index contributed by atoms with van der Waals surface area (Å²) in [5.41, 5.74) is 0. The van der Waals surface area contributed by atoms with Crippen molar-refractivity contribution in [1.82, 2.24) is 10.2 Å². The average molecular weight is 268 g/mol. The van der Waals surface area contributed by atoms with E-state index in [-0.39, 0.29) is 0 Å². The Kier molecular flexibility index (Phi) is 6.62. The zero-order valence-corrected chi connectivity index (χ0v) is 12.9. The molecule has 1 saturated heterocycles. The molecule has 1 atom stereocenters. The fourth-order valence-electron chi connectivity index (χ4n) is 3.35. The maximum absolute atomic E-state index is 5.73. The molecule has 3 heteroatoms. The van der Waals surface area contributed by atoms with Crippen LogP contribution in [0, 0.1) is 5.92 Å². The normalized spacial score (nSPS) is 32.1. The highest BCUT2D eigenvalue weighted by Crippen LogP contribution is 2.23. The van der Waals surface area contributed by atoms with Crippen LogP contribution < -0.4 is 5.32 Å². The number of ether oxygens (including phenoxy) is 1. The highest BCUT2D eigenvalue weighted by Gasteiger charge is 2.19. The second kappa shape index (κ2) is 8.23. The van der Waals surface area contributed by atoms with Crippen molar-refractivity contribution in [2.75, 3.05) is 32.8 Å². The molecule has 1 heterocycles. The third-order valence-electron chi connectivity index (χ3n) is 4.81.